The molecule has 0 fully saturated rings. The second-order valence-corrected chi connectivity index (χ2v) is 6.75. The summed E-state index contributed by atoms with van der Waals surface area (Å²) in [5, 5.41) is 0. The van der Waals surface area contributed by atoms with E-state index in [-0.39, 0.29) is 0 Å². The quantitative estimate of drug-likeness (QED) is 0.446. The SMILES string of the molecule is CCCC(CCC(C)C(C)C)CN(CCC)CCC. The molecule has 0 rings (SSSR count). The smallest absolute Gasteiger partial charge is 0.000965 e. The Morgan fingerprint density at radius 3 is 1.74 bits per heavy atom. The van der Waals surface area contributed by atoms with Gasteiger partial charge in [-0.15, -0.1) is 0 Å². The lowest BCUT2D eigenvalue weighted by molar-refractivity contribution is 0.206. The van der Waals surface area contributed by atoms with Gasteiger partial charge in [0.25, 0.3) is 0 Å². The van der Waals surface area contributed by atoms with E-state index < -0.39 is 0 Å². The van der Waals surface area contributed by atoms with E-state index in [9.17, 15) is 0 Å². The number of rotatable bonds is 12. The van der Waals surface area contributed by atoms with E-state index in [1.54, 1.807) is 0 Å². The minimum Gasteiger partial charge on any atom is -0.303 e. The van der Waals surface area contributed by atoms with Crippen LogP contribution in [0.3, 0.4) is 0 Å². The predicted octanol–water partition coefficient (Wildman–Crippen LogP) is 5.60. The monoisotopic (exact) mass is 269 g/mol. The van der Waals surface area contributed by atoms with Crippen LogP contribution in [-0.4, -0.2) is 24.5 Å². The summed E-state index contributed by atoms with van der Waals surface area (Å²) in [5.41, 5.74) is 0. The van der Waals surface area contributed by atoms with Crippen molar-refractivity contribution in [3.8, 4) is 0 Å². The van der Waals surface area contributed by atoms with Crippen LogP contribution >= 0.6 is 0 Å². The zero-order valence-electron chi connectivity index (χ0n) is 14.5. The van der Waals surface area contributed by atoms with Crippen LogP contribution in [0, 0.1) is 17.8 Å². The van der Waals surface area contributed by atoms with E-state index in [4.69, 9.17) is 0 Å². The fourth-order valence-electron chi connectivity index (χ4n) is 2.86. The molecule has 0 saturated carbocycles. The molecule has 116 valence electrons. The van der Waals surface area contributed by atoms with Gasteiger partial charge < -0.3 is 4.90 Å². The maximum absolute atomic E-state index is 2.69. The summed E-state index contributed by atoms with van der Waals surface area (Å²) in [5.74, 6) is 2.64. The summed E-state index contributed by atoms with van der Waals surface area (Å²) in [6.45, 7) is 18.0. The zero-order valence-corrected chi connectivity index (χ0v) is 14.5. The van der Waals surface area contributed by atoms with E-state index in [0.29, 0.717) is 0 Å². The summed E-state index contributed by atoms with van der Waals surface area (Å²) >= 11 is 0. The van der Waals surface area contributed by atoms with Gasteiger partial charge in [0.05, 0.1) is 0 Å². The molecule has 1 heteroatoms. The van der Waals surface area contributed by atoms with Crippen molar-refractivity contribution in [2.45, 2.75) is 80.1 Å². The van der Waals surface area contributed by atoms with Crippen molar-refractivity contribution in [2.75, 3.05) is 19.6 Å². The highest BCUT2D eigenvalue weighted by Crippen LogP contribution is 2.23. The molecule has 0 saturated heterocycles. The van der Waals surface area contributed by atoms with Crippen LogP contribution in [0.15, 0.2) is 0 Å². The first kappa shape index (κ1) is 19.0. The molecule has 19 heavy (non-hydrogen) atoms. The van der Waals surface area contributed by atoms with Crippen LogP contribution in [0.5, 0.6) is 0 Å². The van der Waals surface area contributed by atoms with Crippen molar-refractivity contribution in [1.29, 1.82) is 0 Å². The number of hydrogen-bond acceptors (Lipinski definition) is 1. The average molecular weight is 270 g/mol. The van der Waals surface area contributed by atoms with Gasteiger partial charge in [-0.3, -0.25) is 0 Å². The van der Waals surface area contributed by atoms with Crippen molar-refractivity contribution in [2.24, 2.45) is 17.8 Å². The molecule has 0 aliphatic rings. The summed E-state index contributed by atoms with van der Waals surface area (Å²) in [6.07, 6.45) is 8.18. The summed E-state index contributed by atoms with van der Waals surface area (Å²) in [7, 11) is 0. The Morgan fingerprint density at radius 2 is 1.32 bits per heavy atom. The van der Waals surface area contributed by atoms with Crippen molar-refractivity contribution >= 4 is 0 Å². The van der Waals surface area contributed by atoms with E-state index in [2.05, 4.69) is 46.4 Å². The van der Waals surface area contributed by atoms with Crippen molar-refractivity contribution in [1.82, 2.24) is 4.90 Å². The molecule has 0 radical (unpaired) electrons. The largest absolute Gasteiger partial charge is 0.303 e. The molecule has 0 spiro atoms. The molecule has 0 amide bonds. The zero-order chi connectivity index (χ0) is 14.7. The van der Waals surface area contributed by atoms with Crippen molar-refractivity contribution in [3.05, 3.63) is 0 Å². The fourth-order valence-corrected chi connectivity index (χ4v) is 2.86. The third-order valence-electron chi connectivity index (χ3n) is 4.46. The molecule has 1 nitrogen and oxygen atoms in total. The molecule has 0 aliphatic heterocycles. The average Bonchev–Trinajstić information content (AvgIpc) is 2.36. The highest BCUT2D eigenvalue weighted by molar-refractivity contribution is 4.68. The van der Waals surface area contributed by atoms with Crippen molar-refractivity contribution < 1.29 is 0 Å². The number of hydrogen-bond donors (Lipinski definition) is 0. The summed E-state index contributed by atoms with van der Waals surface area (Å²) in [4.78, 5) is 2.69. The fraction of sp³-hybridized carbons (Fsp3) is 1.00. The Balaban J connectivity index is 4.20. The van der Waals surface area contributed by atoms with Gasteiger partial charge in [0.1, 0.15) is 0 Å². The Kier molecular flexibility index (Phi) is 11.7. The van der Waals surface area contributed by atoms with Gasteiger partial charge in [-0.05, 0) is 56.5 Å². The topological polar surface area (TPSA) is 3.24 Å². The molecule has 0 aliphatic carbocycles. The second kappa shape index (κ2) is 11.8. The lowest BCUT2D eigenvalue weighted by atomic mass is 9.87. The van der Waals surface area contributed by atoms with E-state index >= 15 is 0 Å². The Labute approximate surface area is 123 Å². The molecule has 0 aromatic carbocycles. The third-order valence-corrected chi connectivity index (χ3v) is 4.46. The van der Waals surface area contributed by atoms with Crippen LogP contribution in [0.2, 0.25) is 0 Å². The van der Waals surface area contributed by atoms with Gasteiger partial charge in [0, 0.05) is 6.54 Å². The molecule has 0 aromatic rings. The first-order valence-electron chi connectivity index (χ1n) is 8.77. The molecular formula is C18H39N. The summed E-state index contributed by atoms with van der Waals surface area (Å²) < 4.78 is 0. The van der Waals surface area contributed by atoms with Crippen LogP contribution in [0.25, 0.3) is 0 Å². The van der Waals surface area contributed by atoms with E-state index in [1.165, 1.54) is 58.2 Å². The molecule has 0 bridgehead atoms. The lowest BCUT2D eigenvalue weighted by Crippen LogP contribution is -2.31. The maximum atomic E-state index is 2.69. The highest BCUT2D eigenvalue weighted by Gasteiger charge is 2.15. The van der Waals surface area contributed by atoms with Crippen LogP contribution in [-0.2, 0) is 0 Å². The third kappa shape index (κ3) is 9.49. The van der Waals surface area contributed by atoms with E-state index in [0.717, 1.165) is 17.8 Å². The first-order valence-corrected chi connectivity index (χ1v) is 8.77. The van der Waals surface area contributed by atoms with E-state index in [1.807, 2.05) is 0 Å². The standard InChI is InChI=1S/C18H39N/c1-7-10-18(12-11-17(6)16(4)5)15-19(13-8-2)14-9-3/h16-18H,7-15H2,1-6H3. The minimum atomic E-state index is 0.838. The molecule has 2 atom stereocenters. The normalized spacial score (nSPS) is 15.2. The lowest BCUT2D eigenvalue weighted by Gasteiger charge is -2.28. The van der Waals surface area contributed by atoms with Gasteiger partial charge in [-0.25, -0.2) is 0 Å². The van der Waals surface area contributed by atoms with Gasteiger partial charge in [-0.2, -0.15) is 0 Å². The van der Waals surface area contributed by atoms with Gasteiger partial charge >= 0.3 is 0 Å². The Bertz CT molecular complexity index is 182. The van der Waals surface area contributed by atoms with Crippen LogP contribution in [0.1, 0.15) is 80.1 Å². The Hall–Kier alpha value is -0.0400. The minimum absolute atomic E-state index is 0.838. The predicted molar refractivity (Wildman–Crippen MR) is 88.7 cm³/mol. The molecule has 0 aromatic heterocycles. The highest BCUT2D eigenvalue weighted by atomic mass is 15.1. The Morgan fingerprint density at radius 1 is 0.737 bits per heavy atom. The first-order chi connectivity index (χ1) is 9.04. The van der Waals surface area contributed by atoms with Crippen LogP contribution in [0.4, 0.5) is 0 Å². The van der Waals surface area contributed by atoms with Crippen LogP contribution < -0.4 is 0 Å². The maximum Gasteiger partial charge on any atom is 0.000965 e. The molecule has 2 unspecified atom stereocenters. The van der Waals surface area contributed by atoms with Crippen molar-refractivity contribution in [3.63, 3.8) is 0 Å². The van der Waals surface area contributed by atoms with Gasteiger partial charge in [0.2, 0.25) is 0 Å². The second-order valence-electron chi connectivity index (χ2n) is 6.75. The molecule has 0 N–H and O–H groups in total. The van der Waals surface area contributed by atoms with Gasteiger partial charge in [-0.1, -0.05) is 54.4 Å². The summed E-state index contributed by atoms with van der Waals surface area (Å²) in [6, 6.07) is 0. The molecular weight excluding hydrogens is 230 g/mol. The van der Waals surface area contributed by atoms with Gasteiger partial charge in [0.15, 0.2) is 0 Å². The molecule has 0 heterocycles. The number of nitrogens with zero attached hydrogens (tertiary/aromatic N) is 1.